The van der Waals surface area contributed by atoms with Crippen LogP contribution in [0.15, 0.2) is 18.2 Å². The molecule has 0 bridgehead atoms. The second kappa shape index (κ2) is 7.47. The first-order valence-corrected chi connectivity index (χ1v) is 7.56. The quantitative estimate of drug-likeness (QED) is 0.825. The molecule has 2 rings (SSSR count). The Kier molecular flexibility index (Phi) is 5.63. The lowest BCUT2D eigenvalue weighted by atomic mass is 10.2. The smallest absolute Gasteiger partial charge is 0.224 e. The lowest BCUT2D eigenvalue weighted by Gasteiger charge is -2.29. The number of nitrogens with zero attached hydrogens (tertiary/aromatic N) is 1. The van der Waals surface area contributed by atoms with Gasteiger partial charge in [-0.1, -0.05) is 13.8 Å². The second-order valence-corrected chi connectivity index (χ2v) is 5.68. The average molecular weight is 308 g/mol. The first-order chi connectivity index (χ1) is 10.5. The number of hydrogen-bond acceptors (Lipinski definition) is 5. The third kappa shape index (κ3) is 4.35. The van der Waals surface area contributed by atoms with Crippen LogP contribution in [0.3, 0.4) is 0 Å². The van der Waals surface area contributed by atoms with Gasteiger partial charge in [0.1, 0.15) is 30.8 Å². The number of benzene rings is 1. The van der Waals surface area contributed by atoms with Gasteiger partial charge >= 0.3 is 0 Å². The highest BCUT2D eigenvalue weighted by molar-refractivity contribution is 5.93. The molecule has 1 aromatic carbocycles. The Morgan fingerprint density at radius 2 is 2.27 bits per heavy atom. The van der Waals surface area contributed by atoms with E-state index < -0.39 is 6.10 Å². The van der Waals surface area contributed by atoms with Gasteiger partial charge in [-0.3, -0.25) is 4.79 Å². The molecular formula is C16H24N2O4. The lowest BCUT2D eigenvalue weighted by molar-refractivity contribution is -0.116. The van der Waals surface area contributed by atoms with Crippen molar-refractivity contribution in [2.45, 2.75) is 32.9 Å². The molecule has 1 aliphatic rings. The van der Waals surface area contributed by atoms with Crippen molar-refractivity contribution in [3.63, 3.8) is 0 Å². The number of nitrogens with one attached hydrogen (secondary N) is 1. The number of carbonyl (C=O) groups is 1. The van der Waals surface area contributed by atoms with Crippen LogP contribution in [0.5, 0.6) is 11.5 Å². The van der Waals surface area contributed by atoms with E-state index in [2.05, 4.69) is 5.32 Å². The molecule has 0 saturated carbocycles. The molecule has 1 aliphatic heterocycles. The van der Waals surface area contributed by atoms with E-state index in [-0.39, 0.29) is 12.5 Å². The highest BCUT2D eigenvalue weighted by Crippen LogP contribution is 2.35. The van der Waals surface area contributed by atoms with Gasteiger partial charge in [-0.25, -0.2) is 0 Å². The van der Waals surface area contributed by atoms with Gasteiger partial charge < -0.3 is 24.8 Å². The van der Waals surface area contributed by atoms with Crippen molar-refractivity contribution in [3.8, 4) is 11.5 Å². The van der Waals surface area contributed by atoms with Gasteiger partial charge in [-0.05, 0) is 12.1 Å². The van der Waals surface area contributed by atoms with Gasteiger partial charge in [-0.2, -0.15) is 0 Å². The number of hydrogen-bond donors (Lipinski definition) is 2. The molecule has 0 radical (unpaired) electrons. The molecule has 6 heteroatoms. The van der Waals surface area contributed by atoms with Crippen LogP contribution in [0.1, 0.15) is 20.8 Å². The zero-order chi connectivity index (χ0) is 16.1. The van der Waals surface area contributed by atoms with Crippen molar-refractivity contribution >= 4 is 11.6 Å². The number of aliphatic hydroxyl groups excluding tert-OH is 1. The van der Waals surface area contributed by atoms with Crippen LogP contribution in [0, 0.1) is 0 Å². The summed E-state index contributed by atoms with van der Waals surface area (Å²) in [5.41, 5.74) is 0.714. The number of ether oxygens (including phenoxy) is 2. The lowest BCUT2D eigenvalue weighted by Crippen LogP contribution is -2.36. The van der Waals surface area contributed by atoms with Gasteiger partial charge in [-0.15, -0.1) is 0 Å². The summed E-state index contributed by atoms with van der Waals surface area (Å²) >= 11 is 0. The minimum Gasteiger partial charge on any atom is -0.491 e. The van der Waals surface area contributed by atoms with Crippen LogP contribution in [0.4, 0.5) is 5.69 Å². The molecule has 122 valence electrons. The van der Waals surface area contributed by atoms with Crippen molar-refractivity contribution in [3.05, 3.63) is 18.2 Å². The van der Waals surface area contributed by atoms with Gasteiger partial charge in [0.15, 0.2) is 0 Å². The number of amides is 1. The Morgan fingerprint density at radius 1 is 1.50 bits per heavy atom. The molecule has 1 aromatic rings. The Bertz CT molecular complexity index is 519. The molecular weight excluding hydrogens is 284 g/mol. The Morgan fingerprint density at radius 3 is 2.95 bits per heavy atom. The van der Waals surface area contributed by atoms with Crippen LogP contribution in [-0.2, 0) is 4.79 Å². The third-order valence-electron chi connectivity index (χ3n) is 3.38. The number of fused-ring (bicyclic) bond motifs is 1. The van der Waals surface area contributed by atoms with E-state index in [0.717, 1.165) is 0 Å². The normalized spacial score (nSPS) is 15.2. The van der Waals surface area contributed by atoms with E-state index >= 15 is 0 Å². The van der Waals surface area contributed by atoms with Crippen LogP contribution in [0.25, 0.3) is 0 Å². The van der Waals surface area contributed by atoms with Crippen LogP contribution in [-0.4, -0.2) is 49.5 Å². The second-order valence-electron chi connectivity index (χ2n) is 5.68. The standard InChI is InChI=1S/C16H24N2O4/c1-11(2)17-9-13(20)10-22-14-4-5-16-15(8-14)18(12(3)19)6-7-21-16/h4-5,8,11,13,17,20H,6-7,9-10H2,1-3H3. The maximum Gasteiger partial charge on any atom is 0.224 e. The molecule has 1 amide bonds. The summed E-state index contributed by atoms with van der Waals surface area (Å²) in [5.74, 6) is 1.26. The van der Waals surface area contributed by atoms with E-state index in [1.54, 1.807) is 23.1 Å². The van der Waals surface area contributed by atoms with E-state index in [1.165, 1.54) is 6.92 Å². The fourth-order valence-electron chi connectivity index (χ4n) is 2.24. The molecule has 1 atom stereocenters. The predicted molar refractivity (Wildman–Crippen MR) is 84.6 cm³/mol. The van der Waals surface area contributed by atoms with E-state index in [1.807, 2.05) is 13.8 Å². The van der Waals surface area contributed by atoms with Crippen molar-refractivity contribution in [1.29, 1.82) is 0 Å². The molecule has 1 unspecified atom stereocenters. The summed E-state index contributed by atoms with van der Waals surface area (Å²) in [6.45, 7) is 7.27. The fourth-order valence-corrected chi connectivity index (χ4v) is 2.24. The maximum atomic E-state index is 11.7. The monoisotopic (exact) mass is 308 g/mol. The number of rotatable bonds is 6. The predicted octanol–water partition coefficient (Wildman–Crippen LogP) is 1.17. The summed E-state index contributed by atoms with van der Waals surface area (Å²) < 4.78 is 11.2. The summed E-state index contributed by atoms with van der Waals surface area (Å²) in [6.07, 6.45) is -0.585. The van der Waals surface area contributed by atoms with Crippen LogP contribution < -0.4 is 19.7 Å². The highest BCUT2D eigenvalue weighted by atomic mass is 16.5. The van der Waals surface area contributed by atoms with E-state index in [0.29, 0.717) is 42.9 Å². The highest BCUT2D eigenvalue weighted by Gasteiger charge is 2.21. The van der Waals surface area contributed by atoms with Gasteiger partial charge in [0, 0.05) is 25.6 Å². The van der Waals surface area contributed by atoms with Crippen molar-refractivity contribution in [1.82, 2.24) is 5.32 Å². The molecule has 22 heavy (non-hydrogen) atoms. The summed E-state index contributed by atoms with van der Waals surface area (Å²) in [7, 11) is 0. The zero-order valence-corrected chi connectivity index (χ0v) is 13.3. The minimum absolute atomic E-state index is 0.0251. The summed E-state index contributed by atoms with van der Waals surface area (Å²) in [6, 6.07) is 5.67. The Labute approximate surface area is 131 Å². The van der Waals surface area contributed by atoms with Gasteiger partial charge in [0.25, 0.3) is 0 Å². The molecule has 6 nitrogen and oxygen atoms in total. The molecule has 0 aromatic heterocycles. The fraction of sp³-hybridized carbons (Fsp3) is 0.562. The largest absolute Gasteiger partial charge is 0.491 e. The molecule has 2 N–H and O–H groups in total. The van der Waals surface area contributed by atoms with Gasteiger partial charge in [0.2, 0.25) is 5.91 Å². The van der Waals surface area contributed by atoms with Crippen molar-refractivity contribution < 1.29 is 19.4 Å². The van der Waals surface area contributed by atoms with Crippen molar-refractivity contribution in [2.75, 3.05) is 31.2 Å². The molecule has 0 spiro atoms. The van der Waals surface area contributed by atoms with Gasteiger partial charge in [0.05, 0.1) is 12.2 Å². The molecule has 0 aliphatic carbocycles. The van der Waals surface area contributed by atoms with Crippen LogP contribution >= 0.6 is 0 Å². The zero-order valence-electron chi connectivity index (χ0n) is 13.3. The average Bonchev–Trinajstić information content (AvgIpc) is 2.49. The van der Waals surface area contributed by atoms with Crippen LogP contribution in [0.2, 0.25) is 0 Å². The maximum absolute atomic E-state index is 11.7. The topological polar surface area (TPSA) is 71.0 Å². The molecule has 1 heterocycles. The number of anilines is 1. The first-order valence-electron chi connectivity index (χ1n) is 7.56. The third-order valence-corrected chi connectivity index (χ3v) is 3.38. The minimum atomic E-state index is -0.585. The van der Waals surface area contributed by atoms with E-state index in [4.69, 9.17) is 9.47 Å². The Hall–Kier alpha value is -1.79. The molecule has 0 saturated heterocycles. The summed E-state index contributed by atoms with van der Waals surface area (Å²) in [5, 5.41) is 13.0. The summed E-state index contributed by atoms with van der Waals surface area (Å²) in [4.78, 5) is 13.3. The SMILES string of the molecule is CC(=O)N1CCOc2ccc(OCC(O)CNC(C)C)cc21. The Balaban J connectivity index is 1.98. The molecule has 0 fully saturated rings. The number of carbonyl (C=O) groups excluding carboxylic acids is 1. The van der Waals surface area contributed by atoms with Crippen molar-refractivity contribution in [2.24, 2.45) is 0 Å². The van der Waals surface area contributed by atoms with E-state index in [9.17, 15) is 9.90 Å². The number of aliphatic hydroxyl groups is 1. The first kappa shape index (κ1) is 16.6.